The molecule has 1 amide bonds. The van der Waals surface area contributed by atoms with Crippen molar-refractivity contribution in [1.29, 1.82) is 0 Å². The summed E-state index contributed by atoms with van der Waals surface area (Å²) in [6, 6.07) is 6.16. The standard InChI is InChI=1S/C14H17ClFNO/c15-8-7-11-4-3-9-17(10-11)14(18)12-5-1-2-6-13(12)16/h1-2,5-6,11H,3-4,7-10H2. The fraction of sp³-hybridized carbons (Fsp3) is 0.500. The zero-order chi connectivity index (χ0) is 13.0. The van der Waals surface area contributed by atoms with E-state index in [0.29, 0.717) is 24.9 Å². The fourth-order valence-electron chi connectivity index (χ4n) is 2.44. The van der Waals surface area contributed by atoms with Gasteiger partial charge in [-0.1, -0.05) is 12.1 Å². The number of halogens is 2. The summed E-state index contributed by atoms with van der Waals surface area (Å²) < 4.78 is 13.6. The Morgan fingerprint density at radius 1 is 1.44 bits per heavy atom. The third-order valence-electron chi connectivity index (χ3n) is 3.43. The third-order valence-corrected chi connectivity index (χ3v) is 3.65. The molecule has 0 aromatic heterocycles. The molecular weight excluding hydrogens is 253 g/mol. The number of nitrogens with zero attached hydrogens (tertiary/aromatic N) is 1. The number of alkyl halides is 1. The van der Waals surface area contributed by atoms with Crippen LogP contribution in [0.1, 0.15) is 29.6 Å². The number of likely N-dealkylation sites (tertiary alicyclic amines) is 1. The second kappa shape index (κ2) is 6.19. The summed E-state index contributed by atoms with van der Waals surface area (Å²) in [5.74, 6) is 0.424. The van der Waals surface area contributed by atoms with Crippen molar-refractivity contribution in [3.8, 4) is 0 Å². The van der Waals surface area contributed by atoms with Crippen LogP contribution in [0.15, 0.2) is 24.3 Å². The molecule has 0 radical (unpaired) electrons. The molecule has 1 saturated heterocycles. The van der Waals surface area contributed by atoms with E-state index in [-0.39, 0.29) is 11.5 Å². The lowest BCUT2D eigenvalue weighted by molar-refractivity contribution is 0.0667. The second-order valence-corrected chi connectivity index (χ2v) is 5.09. The van der Waals surface area contributed by atoms with Crippen LogP contribution >= 0.6 is 11.6 Å². The number of carbonyl (C=O) groups excluding carboxylic acids is 1. The number of hydrogen-bond acceptors (Lipinski definition) is 1. The van der Waals surface area contributed by atoms with Crippen molar-refractivity contribution in [1.82, 2.24) is 4.90 Å². The SMILES string of the molecule is O=C(c1ccccc1F)N1CCCC(CCCl)C1. The van der Waals surface area contributed by atoms with Gasteiger partial charge in [-0.25, -0.2) is 4.39 Å². The Morgan fingerprint density at radius 3 is 2.94 bits per heavy atom. The lowest BCUT2D eigenvalue weighted by atomic mass is 9.95. The summed E-state index contributed by atoms with van der Waals surface area (Å²) in [6.07, 6.45) is 3.00. The van der Waals surface area contributed by atoms with E-state index >= 15 is 0 Å². The summed E-state index contributed by atoms with van der Waals surface area (Å²) >= 11 is 5.74. The number of carbonyl (C=O) groups is 1. The number of amides is 1. The van der Waals surface area contributed by atoms with Gasteiger partial charge in [0, 0.05) is 19.0 Å². The third kappa shape index (κ3) is 3.02. The molecule has 2 nitrogen and oxygen atoms in total. The van der Waals surface area contributed by atoms with Crippen molar-refractivity contribution in [2.75, 3.05) is 19.0 Å². The first kappa shape index (κ1) is 13.3. The predicted molar refractivity (Wildman–Crippen MR) is 70.4 cm³/mol. The van der Waals surface area contributed by atoms with E-state index in [1.54, 1.807) is 23.1 Å². The molecule has 1 aromatic carbocycles. The monoisotopic (exact) mass is 269 g/mol. The largest absolute Gasteiger partial charge is 0.338 e. The van der Waals surface area contributed by atoms with E-state index in [2.05, 4.69) is 0 Å². The lowest BCUT2D eigenvalue weighted by Crippen LogP contribution is -2.40. The zero-order valence-electron chi connectivity index (χ0n) is 10.2. The van der Waals surface area contributed by atoms with Gasteiger partial charge in [-0.3, -0.25) is 4.79 Å². The van der Waals surface area contributed by atoms with Crippen molar-refractivity contribution in [3.63, 3.8) is 0 Å². The van der Waals surface area contributed by atoms with E-state index in [9.17, 15) is 9.18 Å². The van der Waals surface area contributed by atoms with Crippen LogP contribution in [-0.4, -0.2) is 29.8 Å². The molecule has 1 atom stereocenters. The highest BCUT2D eigenvalue weighted by molar-refractivity contribution is 6.17. The maximum Gasteiger partial charge on any atom is 0.256 e. The number of rotatable bonds is 3. The average Bonchev–Trinajstić information content (AvgIpc) is 2.39. The van der Waals surface area contributed by atoms with Gasteiger partial charge in [-0.05, 0) is 37.3 Å². The summed E-state index contributed by atoms with van der Waals surface area (Å²) in [5.41, 5.74) is 0.170. The maximum absolute atomic E-state index is 13.6. The number of hydrogen-bond donors (Lipinski definition) is 0. The first-order valence-corrected chi connectivity index (χ1v) is 6.85. The molecule has 98 valence electrons. The van der Waals surface area contributed by atoms with Gasteiger partial charge >= 0.3 is 0 Å². The molecule has 1 aliphatic heterocycles. The molecule has 0 aliphatic carbocycles. The van der Waals surface area contributed by atoms with Gasteiger partial charge in [0.25, 0.3) is 5.91 Å². The van der Waals surface area contributed by atoms with E-state index in [0.717, 1.165) is 19.3 Å². The van der Waals surface area contributed by atoms with E-state index in [1.165, 1.54) is 6.07 Å². The van der Waals surface area contributed by atoms with Crippen LogP contribution in [0, 0.1) is 11.7 Å². The molecule has 2 rings (SSSR count). The van der Waals surface area contributed by atoms with Gasteiger partial charge in [0.15, 0.2) is 0 Å². The molecule has 0 saturated carbocycles. The van der Waals surface area contributed by atoms with Crippen LogP contribution in [0.5, 0.6) is 0 Å². The van der Waals surface area contributed by atoms with Crippen LogP contribution in [0.25, 0.3) is 0 Å². The Balaban J connectivity index is 2.07. The molecule has 0 N–H and O–H groups in total. The Labute approximate surface area is 112 Å². The van der Waals surface area contributed by atoms with Gasteiger partial charge in [0.2, 0.25) is 0 Å². The van der Waals surface area contributed by atoms with Crippen molar-refractivity contribution in [2.24, 2.45) is 5.92 Å². The predicted octanol–water partition coefficient (Wildman–Crippen LogP) is 3.31. The van der Waals surface area contributed by atoms with Crippen LogP contribution in [0.4, 0.5) is 4.39 Å². The Hall–Kier alpha value is -1.09. The molecule has 1 unspecified atom stereocenters. The highest BCUT2D eigenvalue weighted by atomic mass is 35.5. The van der Waals surface area contributed by atoms with Gasteiger partial charge in [0.05, 0.1) is 5.56 Å². The van der Waals surface area contributed by atoms with Crippen LogP contribution in [-0.2, 0) is 0 Å². The molecule has 18 heavy (non-hydrogen) atoms. The second-order valence-electron chi connectivity index (χ2n) is 4.72. The minimum Gasteiger partial charge on any atom is -0.338 e. The first-order valence-electron chi connectivity index (χ1n) is 6.32. The highest BCUT2D eigenvalue weighted by Crippen LogP contribution is 2.22. The van der Waals surface area contributed by atoms with Crippen molar-refractivity contribution >= 4 is 17.5 Å². The molecule has 1 aliphatic rings. The molecule has 1 aromatic rings. The highest BCUT2D eigenvalue weighted by Gasteiger charge is 2.25. The molecular formula is C14H17ClFNO. The van der Waals surface area contributed by atoms with Crippen LogP contribution in [0.3, 0.4) is 0 Å². The summed E-state index contributed by atoms with van der Waals surface area (Å²) in [5, 5.41) is 0. The van der Waals surface area contributed by atoms with E-state index < -0.39 is 5.82 Å². The zero-order valence-corrected chi connectivity index (χ0v) is 11.0. The summed E-state index contributed by atoms with van der Waals surface area (Å²) in [7, 11) is 0. The van der Waals surface area contributed by atoms with Crippen LogP contribution in [0.2, 0.25) is 0 Å². The minimum absolute atomic E-state index is 0.170. The smallest absolute Gasteiger partial charge is 0.256 e. The van der Waals surface area contributed by atoms with Gasteiger partial charge in [-0.15, -0.1) is 11.6 Å². The van der Waals surface area contributed by atoms with Crippen molar-refractivity contribution in [3.05, 3.63) is 35.6 Å². The molecule has 4 heteroatoms. The molecule has 1 heterocycles. The minimum atomic E-state index is -0.443. The van der Waals surface area contributed by atoms with Crippen LogP contribution < -0.4 is 0 Å². The first-order chi connectivity index (χ1) is 8.72. The molecule has 1 fully saturated rings. The average molecular weight is 270 g/mol. The van der Waals surface area contributed by atoms with E-state index in [4.69, 9.17) is 11.6 Å². The van der Waals surface area contributed by atoms with Crippen molar-refractivity contribution in [2.45, 2.75) is 19.3 Å². The molecule has 0 bridgehead atoms. The van der Waals surface area contributed by atoms with Gasteiger partial charge in [-0.2, -0.15) is 0 Å². The fourth-order valence-corrected chi connectivity index (χ4v) is 2.75. The maximum atomic E-state index is 13.6. The lowest BCUT2D eigenvalue weighted by Gasteiger charge is -2.32. The quantitative estimate of drug-likeness (QED) is 0.771. The Morgan fingerprint density at radius 2 is 2.22 bits per heavy atom. The number of benzene rings is 1. The summed E-state index contributed by atoms with van der Waals surface area (Å²) in [4.78, 5) is 14.0. The van der Waals surface area contributed by atoms with E-state index in [1.807, 2.05) is 0 Å². The topological polar surface area (TPSA) is 20.3 Å². The summed E-state index contributed by atoms with van der Waals surface area (Å²) in [6.45, 7) is 1.41. The van der Waals surface area contributed by atoms with Gasteiger partial charge in [0.1, 0.15) is 5.82 Å². The Kier molecular flexibility index (Phi) is 4.59. The van der Waals surface area contributed by atoms with Gasteiger partial charge < -0.3 is 4.90 Å². The molecule has 0 spiro atoms. The van der Waals surface area contributed by atoms with Crippen molar-refractivity contribution < 1.29 is 9.18 Å². The normalized spacial score (nSPS) is 19.9. The Bertz CT molecular complexity index is 422. The number of piperidine rings is 1.